The largest absolute Gasteiger partial charge is 0.490 e. The van der Waals surface area contributed by atoms with E-state index in [1.165, 1.54) is 22.5 Å². The first-order valence-corrected chi connectivity index (χ1v) is 16.8. The van der Waals surface area contributed by atoms with Crippen molar-refractivity contribution in [2.24, 2.45) is 5.41 Å². The zero-order valence-corrected chi connectivity index (χ0v) is 27.2. The van der Waals surface area contributed by atoms with Crippen LogP contribution in [0.4, 0.5) is 23.2 Å². The first kappa shape index (κ1) is 37.1. The number of carbonyl (C=O) groups is 3. The van der Waals surface area contributed by atoms with Crippen LogP contribution in [-0.2, 0) is 24.3 Å². The molecule has 0 radical (unpaired) electrons. The quantitative estimate of drug-likeness (QED) is 0.299. The van der Waals surface area contributed by atoms with E-state index in [9.17, 15) is 35.6 Å². The Balaban J connectivity index is 0.000000671. The number of hydrogen-bond acceptors (Lipinski definition) is 7. The van der Waals surface area contributed by atoms with Crippen LogP contribution in [-0.4, -0.2) is 101 Å². The molecule has 2 aromatic carbocycles. The number of para-hydroxylation sites is 1. The second-order valence-corrected chi connectivity index (χ2v) is 13.7. The Morgan fingerprint density at radius 3 is 2.38 bits per heavy atom. The third-order valence-electron chi connectivity index (χ3n) is 8.22. The zero-order valence-electron chi connectivity index (χ0n) is 25.6. The highest BCUT2D eigenvalue weighted by atomic mass is 35.5. The van der Waals surface area contributed by atoms with Gasteiger partial charge in [0.1, 0.15) is 11.1 Å². The molecule has 1 spiro atoms. The van der Waals surface area contributed by atoms with Gasteiger partial charge in [-0.2, -0.15) is 13.2 Å². The third-order valence-corrected chi connectivity index (χ3v) is 10.5. The number of carbonyl (C=O) groups excluding carboxylic acids is 2. The van der Waals surface area contributed by atoms with Crippen LogP contribution in [0, 0.1) is 5.41 Å². The Bertz CT molecular complexity index is 1610. The number of rotatable bonds is 1. The molecular formula is C31H35ClF4N4O7S. The Hall–Kier alpha value is -3.73. The number of aliphatic carboxylic acids is 1. The van der Waals surface area contributed by atoms with Crippen LogP contribution in [0.15, 0.2) is 65.6 Å². The molecule has 0 saturated carbocycles. The lowest BCUT2D eigenvalue weighted by molar-refractivity contribution is -0.192. The molecule has 0 unspecified atom stereocenters. The van der Waals surface area contributed by atoms with Crippen molar-refractivity contribution in [1.82, 2.24) is 15.5 Å². The van der Waals surface area contributed by atoms with Crippen LogP contribution in [0.5, 0.6) is 0 Å². The average Bonchev–Trinajstić information content (AvgIpc) is 3.43. The Morgan fingerprint density at radius 1 is 1.06 bits per heavy atom. The normalized spacial score (nSPS) is 23.9. The van der Waals surface area contributed by atoms with E-state index in [4.69, 9.17) is 26.2 Å². The van der Waals surface area contributed by atoms with Crippen LogP contribution in [0.2, 0.25) is 5.02 Å². The number of sulfonamides is 1. The molecule has 17 heteroatoms. The van der Waals surface area contributed by atoms with E-state index in [0.29, 0.717) is 31.6 Å². The summed E-state index contributed by atoms with van der Waals surface area (Å²) in [7, 11) is -4.18. The second-order valence-electron chi connectivity index (χ2n) is 11.5. The average molecular weight is 719 g/mol. The van der Waals surface area contributed by atoms with E-state index in [0.717, 1.165) is 0 Å². The lowest BCUT2D eigenvalue weighted by atomic mass is 9.78. The van der Waals surface area contributed by atoms with Crippen LogP contribution in [0.25, 0.3) is 0 Å². The van der Waals surface area contributed by atoms with E-state index >= 15 is 0 Å². The molecule has 2 bridgehead atoms. The summed E-state index contributed by atoms with van der Waals surface area (Å²) in [5, 5.41) is 13.2. The molecule has 48 heavy (non-hydrogen) atoms. The van der Waals surface area contributed by atoms with Crippen molar-refractivity contribution < 1.29 is 50.2 Å². The summed E-state index contributed by atoms with van der Waals surface area (Å²) >= 11 is 6.36. The fraction of sp³-hybridized carbons (Fsp3) is 0.452. The molecule has 2 atom stereocenters. The molecule has 3 aliphatic rings. The van der Waals surface area contributed by atoms with Crippen LogP contribution < -0.4 is 14.9 Å². The van der Waals surface area contributed by atoms with Gasteiger partial charge in [0.25, 0.3) is 15.9 Å². The summed E-state index contributed by atoms with van der Waals surface area (Å²) in [6.07, 6.45) is -1.68. The van der Waals surface area contributed by atoms with Gasteiger partial charge in [-0.05, 0) is 56.3 Å². The van der Waals surface area contributed by atoms with E-state index in [1.807, 2.05) is 0 Å². The fourth-order valence-electron chi connectivity index (χ4n) is 5.70. The summed E-state index contributed by atoms with van der Waals surface area (Å²) < 4.78 is 81.4. The van der Waals surface area contributed by atoms with Crippen molar-refractivity contribution in [1.29, 1.82) is 0 Å². The summed E-state index contributed by atoms with van der Waals surface area (Å²) in [5.74, 6) is -3.45. The molecule has 2 amide bonds. The molecule has 262 valence electrons. The van der Waals surface area contributed by atoms with Gasteiger partial charge >= 0.3 is 12.1 Å². The lowest BCUT2D eigenvalue weighted by Gasteiger charge is -2.40. The molecule has 0 aliphatic carbocycles. The van der Waals surface area contributed by atoms with Gasteiger partial charge in [0.05, 0.1) is 48.5 Å². The van der Waals surface area contributed by atoms with Crippen molar-refractivity contribution in [2.75, 3.05) is 50.2 Å². The molecular weight excluding hydrogens is 684 g/mol. The van der Waals surface area contributed by atoms with Crippen molar-refractivity contribution in [3.63, 3.8) is 0 Å². The van der Waals surface area contributed by atoms with E-state index in [2.05, 4.69) is 10.6 Å². The van der Waals surface area contributed by atoms with Gasteiger partial charge in [-0.3, -0.25) is 13.9 Å². The molecule has 5 rings (SSSR count). The molecule has 3 aliphatic heterocycles. The number of anilines is 1. The number of piperidine rings is 1. The van der Waals surface area contributed by atoms with Crippen molar-refractivity contribution >= 4 is 45.1 Å². The minimum absolute atomic E-state index is 0.0101. The highest BCUT2D eigenvalue weighted by Gasteiger charge is 2.47. The van der Waals surface area contributed by atoms with Gasteiger partial charge in [-0.15, -0.1) is 0 Å². The van der Waals surface area contributed by atoms with Gasteiger partial charge in [0.2, 0.25) is 5.91 Å². The predicted molar refractivity (Wildman–Crippen MR) is 168 cm³/mol. The number of halogens is 5. The first-order valence-electron chi connectivity index (χ1n) is 15.0. The Labute approximate surface area is 279 Å². The maximum atomic E-state index is 14.6. The molecule has 0 aromatic heterocycles. The maximum absolute atomic E-state index is 14.6. The van der Waals surface area contributed by atoms with Crippen molar-refractivity contribution in [3.8, 4) is 0 Å². The van der Waals surface area contributed by atoms with Gasteiger partial charge in [0, 0.05) is 18.5 Å². The van der Waals surface area contributed by atoms with Gasteiger partial charge in [-0.25, -0.2) is 17.6 Å². The van der Waals surface area contributed by atoms with Crippen molar-refractivity contribution in [3.05, 3.63) is 71.3 Å². The zero-order chi connectivity index (χ0) is 35.1. The highest BCUT2D eigenvalue weighted by Crippen LogP contribution is 2.35. The molecule has 11 nitrogen and oxygen atoms in total. The molecule has 3 N–H and O–H groups in total. The molecule has 2 saturated heterocycles. The summed E-state index contributed by atoms with van der Waals surface area (Å²) in [5.41, 5.74) is -0.283. The third kappa shape index (κ3) is 8.84. The highest BCUT2D eigenvalue weighted by molar-refractivity contribution is 7.93. The standard InChI is InChI=1S/C29H34ClFN4O5S.C2HF3O2/c30-25-9-8-21-16-26(25)41(38,39)35(23-6-2-1-3-7-23)14-4-5-15-40-20-29(10-12-32-13-11-29)28(37)34-19-22(31)17-24(34)18-33-27(21)36;3-2(4,5)1(6)7/h1-9,16,22,24,32H,10-15,17-20H2,(H,33,36);(H,6,7)/b5-4+;/t22-,24-;/m0./s1. The number of hydrogen-bond donors (Lipinski definition) is 3. The predicted octanol–water partition coefficient (Wildman–Crippen LogP) is 3.79. The fourth-order valence-corrected chi connectivity index (χ4v) is 7.62. The number of amides is 2. The number of nitrogens with one attached hydrogen (secondary N) is 2. The summed E-state index contributed by atoms with van der Waals surface area (Å²) in [6.45, 7) is 1.60. The second kappa shape index (κ2) is 15.7. The SMILES string of the molecule is O=C(O)C(F)(F)F.O=C1NC[C@@H]2C[C@H](F)CN2C(=O)C2(CCNCC2)COC/C=C/CN(c2ccccc2)S(=O)(=O)c2cc1ccc2Cl. The summed E-state index contributed by atoms with van der Waals surface area (Å²) in [6, 6.07) is 12.1. The van der Waals surface area contributed by atoms with Crippen LogP contribution in [0.3, 0.4) is 0 Å². The number of benzene rings is 2. The maximum Gasteiger partial charge on any atom is 0.490 e. The smallest absolute Gasteiger partial charge is 0.475 e. The number of fused-ring (bicyclic) bond motifs is 3. The molecule has 2 aromatic rings. The Kier molecular flexibility index (Phi) is 12.1. The lowest BCUT2D eigenvalue weighted by Crippen LogP contribution is -2.54. The Morgan fingerprint density at radius 2 is 1.73 bits per heavy atom. The van der Waals surface area contributed by atoms with Crippen LogP contribution in [0.1, 0.15) is 29.6 Å². The number of carboxylic acids is 1. The summed E-state index contributed by atoms with van der Waals surface area (Å²) in [4.78, 5) is 37.3. The van der Waals surface area contributed by atoms with E-state index < -0.39 is 45.7 Å². The minimum atomic E-state index is -5.08. The van der Waals surface area contributed by atoms with E-state index in [-0.39, 0.29) is 60.7 Å². The van der Waals surface area contributed by atoms with Gasteiger partial charge in [-0.1, -0.05) is 42.0 Å². The number of ether oxygens (including phenoxy) is 1. The van der Waals surface area contributed by atoms with Crippen LogP contribution >= 0.6 is 11.6 Å². The monoisotopic (exact) mass is 718 g/mol. The van der Waals surface area contributed by atoms with Crippen molar-refractivity contribution in [2.45, 2.75) is 42.5 Å². The van der Waals surface area contributed by atoms with Gasteiger partial charge < -0.3 is 25.4 Å². The number of nitrogens with zero attached hydrogens (tertiary/aromatic N) is 2. The molecule has 3 heterocycles. The topological polar surface area (TPSA) is 145 Å². The molecule has 2 fully saturated rings. The minimum Gasteiger partial charge on any atom is -0.475 e. The number of alkyl halides is 4. The van der Waals surface area contributed by atoms with Gasteiger partial charge in [0.15, 0.2) is 0 Å². The first-order chi connectivity index (χ1) is 22.7. The van der Waals surface area contributed by atoms with E-state index in [1.54, 1.807) is 47.4 Å². The number of carboxylic acid groups (broad SMARTS) is 1.